The van der Waals surface area contributed by atoms with Crippen LogP contribution in [0, 0.1) is 0 Å². The van der Waals surface area contributed by atoms with Gasteiger partial charge in [0.1, 0.15) is 0 Å². The largest absolute Gasteiger partial charge is 1.00 e. The number of carbonyl (C=O) groups excluding carboxylic acids is 1. The molecule has 0 N–H and O–H groups in total. The van der Waals surface area contributed by atoms with Crippen LogP contribution in [0.25, 0.3) is 21.5 Å². The molecule has 3 aromatic rings. The predicted molar refractivity (Wildman–Crippen MR) is 67.5 cm³/mol. The second kappa shape index (κ2) is 7.80. The van der Waals surface area contributed by atoms with E-state index in [-0.39, 0.29) is 58.2 Å². The molecule has 84 valence electrons. The van der Waals surface area contributed by atoms with Crippen LogP contribution in [-0.4, -0.2) is 6.47 Å². The van der Waals surface area contributed by atoms with Crippen LogP contribution in [0.2, 0.25) is 0 Å². The Hall–Kier alpha value is -0.545. The number of benzene rings is 3. The molecule has 2 nitrogen and oxygen atoms in total. The van der Waals surface area contributed by atoms with Gasteiger partial charge in [0.05, 0.1) is 0 Å². The number of hydrogen-bond acceptors (Lipinski definition) is 2. The fourth-order valence-corrected chi connectivity index (χ4v) is 1.88. The van der Waals surface area contributed by atoms with Crippen LogP contribution in [-0.2, 0) is 4.79 Å². The topological polar surface area (TPSA) is 40.1 Å². The van der Waals surface area contributed by atoms with Gasteiger partial charge in [-0.2, -0.15) is 0 Å². The van der Waals surface area contributed by atoms with Gasteiger partial charge in [0, 0.05) is 6.47 Å². The Bertz CT molecular complexity index is 545. The van der Waals surface area contributed by atoms with Crippen molar-refractivity contribution in [1.29, 1.82) is 0 Å². The van der Waals surface area contributed by atoms with Gasteiger partial charge in [-0.15, -0.1) is 0 Å². The quantitative estimate of drug-likeness (QED) is 0.409. The number of fused-ring (bicyclic) bond motifs is 2. The van der Waals surface area contributed by atoms with E-state index in [9.17, 15) is 0 Å². The molecule has 18 heavy (non-hydrogen) atoms. The molecule has 0 saturated heterocycles. The standard InChI is InChI=1S/C14H10.CH2O2.Rb/c1-2-6-12-10-14-8-4-3-7-13(14)9-11(12)5-1;2-1-3;/h1-10H;1H,(H,2,3);/q;;+1/p-1. The first-order chi connectivity index (χ1) is 8.35. The second-order valence-corrected chi connectivity index (χ2v) is 3.64. The molecule has 0 aromatic heterocycles. The average Bonchev–Trinajstić information content (AvgIpc) is 2.37. The van der Waals surface area contributed by atoms with Crippen LogP contribution in [0.5, 0.6) is 0 Å². The van der Waals surface area contributed by atoms with Crippen molar-refractivity contribution in [3.8, 4) is 0 Å². The van der Waals surface area contributed by atoms with Gasteiger partial charge in [-0.1, -0.05) is 48.5 Å². The molecule has 3 rings (SSSR count). The van der Waals surface area contributed by atoms with Gasteiger partial charge in [0.2, 0.25) is 0 Å². The summed E-state index contributed by atoms with van der Waals surface area (Å²) in [5.41, 5.74) is 0. The van der Waals surface area contributed by atoms with E-state index in [1.807, 2.05) is 0 Å². The first-order valence-corrected chi connectivity index (χ1v) is 5.28. The Morgan fingerprint density at radius 3 is 1.17 bits per heavy atom. The third-order valence-electron chi connectivity index (χ3n) is 2.61. The maximum atomic E-state index is 8.25. The summed E-state index contributed by atoms with van der Waals surface area (Å²) < 4.78 is 0. The monoisotopic (exact) mass is 308 g/mol. The van der Waals surface area contributed by atoms with Crippen LogP contribution >= 0.6 is 0 Å². The summed E-state index contributed by atoms with van der Waals surface area (Å²) in [6, 6.07) is 21.4. The van der Waals surface area contributed by atoms with Crippen molar-refractivity contribution in [2.24, 2.45) is 0 Å². The van der Waals surface area contributed by atoms with Gasteiger partial charge in [-0.3, -0.25) is 0 Å². The molecule has 0 amide bonds. The maximum Gasteiger partial charge on any atom is 1.00 e. The summed E-state index contributed by atoms with van der Waals surface area (Å²) in [7, 11) is 0. The summed E-state index contributed by atoms with van der Waals surface area (Å²) in [4.78, 5) is 8.25. The molecule has 0 heterocycles. The van der Waals surface area contributed by atoms with Gasteiger partial charge < -0.3 is 9.90 Å². The minimum absolute atomic E-state index is 0. The molecule has 0 aliphatic heterocycles. The fraction of sp³-hybridized carbons (Fsp3) is 0. The summed E-state index contributed by atoms with van der Waals surface area (Å²) in [5.74, 6) is 0. The molecule has 3 heteroatoms. The molecule has 3 aromatic carbocycles. The Morgan fingerprint density at radius 2 is 0.944 bits per heavy atom. The van der Waals surface area contributed by atoms with E-state index in [2.05, 4.69) is 60.7 Å². The Kier molecular flexibility index (Phi) is 6.72. The first kappa shape index (κ1) is 15.5. The summed E-state index contributed by atoms with van der Waals surface area (Å²) in [6.07, 6.45) is 0. The number of carbonyl (C=O) groups is 1. The molecule has 0 spiro atoms. The van der Waals surface area contributed by atoms with E-state index < -0.39 is 6.47 Å². The van der Waals surface area contributed by atoms with Gasteiger partial charge in [0.15, 0.2) is 0 Å². The van der Waals surface area contributed by atoms with E-state index in [0.717, 1.165) is 0 Å². The van der Waals surface area contributed by atoms with Crippen LogP contribution < -0.4 is 63.3 Å². The summed E-state index contributed by atoms with van der Waals surface area (Å²) in [6.45, 7) is -0.500. The zero-order chi connectivity index (χ0) is 12.1. The molecular weight excluding hydrogens is 298 g/mol. The van der Waals surface area contributed by atoms with E-state index >= 15 is 0 Å². The van der Waals surface area contributed by atoms with Crippen molar-refractivity contribution < 1.29 is 68.1 Å². The van der Waals surface area contributed by atoms with E-state index in [0.29, 0.717) is 0 Å². The average molecular weight is 309 g/mol. The zero-order valence-electron chi connectivity index (χ0n) is 10.2. The van der Waals surface area contributed by atoms with E-state index in [4.69, 9.17) is 9.90 Å². The van der Waals surface area contributed by atoms with Crippen molar-refractivity contribution in [3.05, 3.63) is 60.7 Å². The van der Waals surface area contributed by atoms with Crippen molar-refractivity contribution >= 4 is 28.0 Å². The van der Waals surface area contributed by atoms with Crippen molar-refractivity contribution in [2.45, 2.75) is 0 Å². The second-order valence-electron chi connectivity index (χ2n) is 3.64. The van der Waals surface area contributed by atoms with Crippen molar-refractivity contribution in [1.82, 2.24) is 0 Å². The minimum Gasteiger partial charge on any atom is -0.554 e. The Morgan fingerprint density at radius 1 is 0.722 bits per heavy atom. The Labute approximate surface area is 154 Å². The molecule has 0 aliphatic carbocycles. The first-order valence-electron chi connectivity index (χ1n) is 5.28. The van der Waals surface area contributed by atoms with Gasteiger partial charge in [-0.05, 0) is 33.7 Å². The van der Waals surface area contributed by atoms with Crippen LogP contribution in [0.15, 0.2) is 60.7 Å². The minimum atomic E-state index is -0.500. The van der Waals surface area contributed by atoms with E-state index in [1.165, 1.54) is 21.5 Å². The molecule has 0 unspecified atom stereocenters. The molecule has 0 atom stereocenters. The predicted octanol–water partition coefficient (Wildman–Crippen LogP) is -0.637. The van der Waals surface area contributed by atoms with E-state index in [1.54, 1.807) is 0 Å². The van der Waals surface area contributed by atoms with Crippen LogP contribution in [0.1, 0.15) is 0 Å². The van der Waals surface area contributed by atoms with Crippen molar-refractivity contribution in [3.63, 3.8) is 0 Å². The molecule has 0 saturated carbocycles. The van der Waals surface area contributed by atoms with Crippen molar-refractivity contribution in [2.75, 3.05) is 0 Å². The SMILES string of the molecule is O=C[O-].[Rb+].c1ccc2cc3ccccc3cc2c1. The third-order valence-corrected chi connectivity index (χ3v) is 2.61. The molecular formula is C15H11O2Rb. The number of carboxylic acid groups (broad SMARTS) is 1. The Balaban J connectivity index is 0.000000372. The molecule has 0 aliphatic rings. The van der Waals surface area contributed by atoms with Gasteiger partial charge in [-0.25, -0.2) is 0 Å². The summed E-state index contributed by atoms with van der Waals surface area (Å²) in [5, 5.41) is 13.5. The van der Waals surface area contributed by atoms with Crippen LogP contribution in [0.3, 0.4) is 0 Å². The van der Waals surface area contributed by atoms with Gasteiger partial charge in [0.25, 0.3) is 0 Å². The van der Waals surface area contributed by atoms with Gasteiger partial charge >= 0.3 is 58.2 Å². The maximum absolute atomic E-state index is 8.25. The number of hydrogen-bond donors (Lipinski definition) is 0. The zero-order valence-corrected chi connectivity index (χ0v) is 15.1. The third kappa shape index (κ3) is 3.72. The molecule has 0 bridgehead atoms. The smallest absolute Gasteiger partial charge is 0.554 e. The molecule has 0 radical (unpaired) electrons. The normalized spacial score (nSPS) is 9.11. The summed E-state index contributed by atoms with van der Waals surface area (Å²) >= 11 is 0. The molecule has 0 fully saturated rings. The number of rotatable bonds is 0. The van der Waals surface area contributed by atoms with Crippen LogP contribution in [0.4, 0.5) is 0 Å². The fourth-order valence-electron chi connectivity index (χ4n) is 1.88.